The second-order valence-corrected chi connectivity index (χ2v) is 3.28. The van der Waals surface area contributed by atoms with Gasteiger partial charge in [-0.05, 0) is 31.5 Å². The predicted molar refractivity (Wildman–Crippen MR) is 58.5 cm³/mol. The van der Waals surface area contributed by atoms with Crippen molar-refractivity contribution in [3.63, 3.8) is 0 Å². The van der Waals surface area contributed by atoms with Crippen LogP contribution in [0.4, 0.5) is 10.1 Å². The lowest BCUT2D eigenvalue weighted by Crippen LogP contribution is -2.35. The summed E-state index contributed by atoms with van der Waals surface area (Å²) in [6, 6.07) is 4.24. The van der Waals surface area contributed by atoms with Gasteiger partial charge in [-0.1, -0.05) is 6.07 Å². The van der Waals surface area contributed by atoms with Gasteiger partial charge in [0.15, 0.2) is 0 Å². The minimum Gasteiger partial charge on any atom is -0.348 e. The zero-order valence-electron chi connectivity index (χ0n) is 9.13. The van der Waals surface area contributed by atoms with Crippen LogP contribution in [0.5, 0.6) is 0 Å². The summed E-state index contributed by atoms with van der Waals surface area (Å²) in [4.78, 5) is 22.3. The Hall–Kier alpha value is -1.91. The monoisotopic (exact) mass is 224 g/mol. The van der Waals surface area contributed by atoms with Gasteiger partial charge in [0.05, 0.1) is 0 Å². The largest absolute Gasteiger partial charge is 0.348 e. The minimum absolute atomic E-state index is 0.263. The fourth-order valence-electron chi connectivity index (χ4n) is 1.10. The molecule has 2 amide bonds. The van der Waals surface area contributed by atoms with Gasteiger partial charge >= 0.3 is 11.8 Å². The first kappa shape index (κ1) is 12.2. The van der Waals surface area contributed by atoms with Crippen molar-refractivity contribution in [3.05, 3.63) is 29.6 Å². The third kappa shape index (κ3) is 3.05. The van der Waals surface area contributed by atoms with Crippen LogP contribution in [-0.2, 0) is 9.59 Å². The van der Waals surface area contributed by atoms with Crippen LogP contribution in [0, 0.1) is 12.7 Å². The van der Waals surface area contributed by atoms with Crippen LogP contribution in [0.25, 0.3) is 0 Å². The molecule has 4 nitrogen and oxygen atoms in total. The first-order valence-electron chi connectivity index (χ1n) is 4.90. The number of carbonyl (C=O) groups excluding carboxylic acids is 2. The smallest absolute Gasteiger partial charge is 0.313 e. The average Bonchev–Trinajstić information content (AvgIpc) is 2.24. The molecule has 0 radical (unpaired) electrons. The molecule has 0 spiro atoms. The zero-order chi connectivity index (χ0) is 12.1. The summed E-state index contributed by atoms with van der Waals surface area (Å²) in [7, 11) is 0. The molecule has 0 saturated carbocycles. The average molecular weight is 224 g/mol. The van der Waals surface area contributed by atoms with Crippen LogP contribution in [-0.4, -0.2) is 18.4 Å². The Morgan fingerprint density at radius 2 is 2.00 bits per heavy atom. The van der Waals surface area contributed by atoms with Crippen molar-refractivity contribution in [1.29, 1.82) is 0 Å². The van der Waals surface area contributed by atoms with Gasteiger partial charge in [-0.3, -0.25) is 9.59 Å². The Labute approximate surface area is 92.8 Å². The molecule has 5 heteroatoms. The molecule has 0 aliphatic rings. The third-order valence-electron chi connectivity index (χ3n) is 1.97. The second kappa shape index (κ2) is 5.25. The SMILES string of the molecule is CCNC(=O)C(=O)Nc1ccc(C)c(F)c1. The van der Waals surface area contributed by atoms with Crippen LogP contribution in [0.2, 0.25) is 0 Å². The Morgan fingerprint density at radius 1 is 1.31 bits per heavy atom. The summed E-state index contributed by atoms with van der Waals surface area (Å²) in [5, 5.41) is 4.65. The van der Waals surface area contributed by atoms with E-state index >= 15 is 0 Å². The molecule has 0 unspecified atom stereocenters. The maximum absolute atomic E-state index is 13.1. The van der Waals surface area contributed by atoms with E-state index in [-0.39, 0.29) is 5.69 Å². The zero-order valence-corrected chi connectivity index (χ0v) is 9.13. The Kier molecular flexibility index (Phi) is 3.99. The summed E-state index contributed by atoms with van der Waals surface area (Å²) >= 11 is 0. The molecule has 0 saturated heterocycles. The number of nitrogens with one attached hydrogen (secondary N) is 2. The minimum atomic E-state index is -0.801. The lowest BCUT2D eigenvalue weighted by molar-refractivity contribution is -0.136. The van der Waals surface area contributed by atoms with E-state index in [1.165, 1.54) is 18.2 Å². The molecule has 0 aliphatic heterocycles. The number of hydrogen-bond acceptors (Lipinski definition) is 2. The van der Waals surface area contributed by atoms with E-state index in [1.807, 2.05) is 0 Å². The number of likely N-dealkylation sites (N-methyl/N-ethyl adjacent to an activating group) is 1. The van der Waals surface area contributed by atoms with E-state index in [4.69, 9.17) is 0 Å². The maximum atomic E-state index is 13.1. The summed E-state index contributed by atoms with van der Waals surface area (Å²) < 4.78 is 13.1. The molecular weight excluding hydrogens is 211 g/mol. The fourth-order valence-corrected chi connectivity index (χ4v) is 1.10. The molecule has 16 heavy (non-hydrogen) atoms. The van der Waals surface area contributed by atoms with E-state index in [1.54, 1.807) is 13.8 Å². The maximum Gasteiger partial charge on any atom is 0.313 e. The highest BCUT2D eigenvalue weighted by molar-refractivity contribution is 6.39. The fraction of sp³-hybridized carbons (Fsp3) is 0.273. The molecule has 1 aromatic carbocycles. The number of rotatable bonds is 2. The molecule has 1 rings (SSSR count). The van der Waals surface area contributed by atoms with Crippen LogP contribution < -0.4 is 10.6 Å². The van der Waals surface area contributed by atoms with Crippen molar-refractivity contribution in [1.82, 2.24) is 5.32 Å². The Balaban J connectivity index is 2.70. The number of hydrogen-bond donors (Lipinski definition) is 2. The van der Waals surface area contributed by atoms with Crippen molar-refractivity contribution in [2.75, 3.05) is 11.9 Å². The van der Waals surface area contributed by atoms with Crippen LogP contribution in [0.15, 0.2) is 18.2 Å². The normalized spacial score (nSPS) is 9.69. The van der Waals surface area contributed by atoms with E-state index < -0.39 is 17.6 Å². The third-order valence-corrected chi connectivity index (χ3v) is 1.97. The standard InChI is InChI=1S/C11H13FN2O2/c1-3-13-10(15)11(16)14-8-5-4-7(2)9(12)6-8/h4-6H,3H2,1-2H3,(H,13,15)(H,14,16). The molecule has 1 aromatic rings. The molecule has 2 N–H and O–H groups in total. The second-order valence-electron chi connectivity index (χ2n) is 3.28. The molecule has 0 aromatic heterocycles. The van der Waals surface area contributed by atoms with Gasteiger partial charge in [0.1, 0.15) is 5.82 Å². The summed E-state index contributed by atoms with van der Waals surface area (Å²) in [6.45, 7) is 3.69. The van der Waals surface area contributed by atoms with Gasteiger partial charge in [-0.25, -0.2) is 4.39 Å². The van der Waals surface area contributed by atoms with E-state index in [0.29, 0.717) is 12.1 Å². The van der Waals surface area contributed by atoms with Crippen molar-refractivity contribution in [3.8, 4) is 0 Å². The summed E-state index contributed by atoms with van der Waals surface area (Å²) in [5.41, 5.74) is 0.746. The van der Waals surface area contributed by atoms with E-state index in [9.17, 15) is 14.0 Å². The van der Waals surface area contributed by atoms with E-state index in [0.717, 1.165) is 0 Å². The molecule has 0 heterocycles. The van der Waals surface area contributed by atoms with Crippen LogP contribution >= 0.6 is 0 Å². The predicted octanol–water partition coefficient (Wildman–Crippen LogP) is 1.21. The van der Waals surface area contributed by atoms with Crippen LogP contribution in [0.1, 0.15) is 12.5 Å². The topological polar surface area (TPSA) is 58.2 Å². The van der Waals surface area contributed by atoms with Crippen molar-refractivity contribution in [2.24, 2.45) is 0 Å². The number of carbonyl (C=O) groups is 2. The molecule has 0 fully saturated rings. The molecule has 0 bridgehead atoms. The lowest BCUT2D eigenvalue weighted by atomic mass is 10.2. The number of anilines is 1. The highest BCUT2D eigenvalue weighted by Crippen LogP contribution is 2.13. The van der Waals surface area contributed by atoms with Gasteiger partial charge < -0.3 is 10.6 Å². The first-order chi connectivity index (χ1) is 7.54. The molecule has 86 valence electrons. The Morgan fingerprint density at radius 3 is 2.56 bits per heavy atom. The number of benzene rings is 1. The molecule has 0 atom stereocenters. The van der Waals surface area contributed by atoms with Gasteiger partial charge in [0, 0.05) is 12.2 Å². The first-order valence-corrected chi connectivity index (χ1v) is 4.90. The summed E-state index contributed by atoms with van der Waals surface area (Å²) in [5.74, 6) is -1.96. The van der Waals surface area contributed by atoms with E-state index in [2.05, 4.69) is 10.6 Å². The van der Waals surface area contributed by atoms with Gasteiger partial charge in [-0.15, -0.1) is 0 Å². The Bertz CT molecular complexity index is 418. The number of aryl methyl sites for hydroxylation is 1. The highest BCUT2D eigenvalue weighted by Gasteiger charge is 2.12. The van der Waals surface area contributed by atoms with Crippen LogP contribution in [0.3, 0.4) is 0 Å². The van der Waals surface area contributed by atoms with Gasteiger partial charge in [0.25, 0.3) is 0 Å². The van der Waals surface area contributed by atoms with Crippen molar-refractivity contribution in [2.45, 2.75) is 13.8 Å². The van der Waals surface area contributed by atoms with Crippen molar-refractivity contribution < 1.29 is 14.0 Å². The van der Waals surface area contributed by atoms with Crippen molar-refractivity contribution >= 4 is 17.5 Å². The number of halogens is 1. The molecular formula is C11H13FN2O2. The summed E-state index contributed by atoms with van der Waals surface area (Å²) in [6.07, 6.45) is 0. The quantitative estimate of drug-likeness (QED) is 0.742. The highest BCUT2D eigenvalue weighted by atomic mass is 19.1. The molecule has 0 aliphatic carbocycles. The number of amides is 2. The van der Waals surface area contributed by atoms with Gasteiger partial charge in [-0.2, -0.15) is 0 Å². The lowest BCUT2D eigenvalue weighted by Gasteiger charge is -2.05. The van der Waals surface area contributed by atoms with Gasteiger partial charge in [0.2, 0.25) is 0 Å².